The summed E-state index contributed by atoms with van der Waals surface area (Å²) in [6, 6.07) is 0. The zero-order valence-corrected chi connectivity index (χ0v) is 12.7. The largest absolute Gasteiger partial charge is 0.444 e. The van der Waals surface area contributed by atoms with Crippen LogP contribution in [0.15, 0.2) is 12.7 Å². The average molecular weight is 268 g/mol. The third-order valence-corrected chi connectivity index (χ3v) is 3.75. The van der Waals surface area contributed by atoms with Gasteiger partial charge < -0.3 is 15.4 Å². The summed E-state index contributed by atoms with van der Waals surface area (Å²) in [6.07, 6.45) is 4.68. The van der Waals surface area contributed by atoms with Crippen molar-refractivity contribution in [2.45, 2.75) is 58.1 Å². The van der Waals surface area contributed by atoms with Crippen molar-refractivity contribution in [3.05, 3.63) is 12.7 Å². The predicted octanol–water partition coefficient (Wildman–Crippen LogP) is 2.93. The van der Waals surface area contributed by atoms with Crippen LogP contribution in [0.4, 0.5) is 4.79 Å². The Kier molecular flexibility index (Phi) is 5.02. The Bertz CT molecular complexity index is 336. The average Bonchev–Trinajstić information content (AvgIpc) is 2.46. The van der Waals surface area contributed by atoms with Crippen molar-refractivity contribution in [3.63, 3.8) is 0 Å². The molecule has 1 amide bonds. The summed E-state index contributed by atoms with van der Waals surface area (Å²) in [6.45, 7) is 12.6. The Labute approximate surface area is 117 Å². The van der Waals surface area contributed by atoms with Crippen LogP contribution in [0.5, 0.6) is 0 Å². The highest BCUT2D eigenvalue weighted by Crippen LogP contribution is 2.30. The second-order valence-electron chi connectivity index (χ2n) is 6.68. The molecule has 1 fully saturated rings. The molecular formula is C15H28N2O2. The maximum Gasteiger partial charge on any atom is 0.410 e. The smallest absolute Gasteiger partial charge is 0.410 e. The molecule has 0 aromatic carbocycles. The molecule has 1 aliphatic rings. The first-order valence-electron chi connectivity index (χ1n) is 7.05. The lowest BCUT2D eigenvalue weighted by atomic mass is 9.94. The first-order valence-corrected chi connectivity index (χ1v) is 7.05. The minimum atomic E-state index is -0.484. The van der Waals surface area contributed by atoms with Crippen LogP contribution in [-0.2, 0) is 4.74 Å². The number of carbonyl (C=O) groups is 1. The summed E-state index contributed by atoms with van der Waals surface area (Å²) in [4.78, 5) is 14.2. The van der Waals surface area contributed by atoms with Gasteiger partial charge in [0.1, 0.15) is 5.60 Å². The third kappa shape index (κ3) is 4.23. The summed E-state index contributed by atoms with van der Waals surface area (Å²) in [7, 11) is 0. The standard InChI is InChI=1S/C15H28N2O2/c1-6-12-8-7-9-15(5,11-16)17(10-12)13(18)19-14(2,3)4/h6,12H,1,7-11,16H2,2-5H3/t12-,15+/m1/s1. The predicted molar refractivity (Wildman–Crippen MR) is 77.9 cm³/mol. The van der Waals surface area contributed by atoms with Crippen LogP contribution in [0.1, 0.15) is 47.0 Å². The van der Waals surface area contributed by atoms with E-state index in [9.17, 15) is 4.79 Å². The number of nitrogens with two attached hydrogens (primary N) is 1. The second-order valence-corrected chi connectivity index (χ2v) is 6.68. The Morgan fingerprint density at radius 3 is 2.68 bits per heavy atom. The molecule has 0 unspecified atom stereocenters. The highest BCUT2D eigenvalue weighted by molar-refractivity contribution is 5.69. The molecular weight excluding hydrogens is 240 g/mol. The number of hydrogen-bond acceptors (Lipinski definition) is 3. The lowest BCUT2D eigenvalue weighted by Gasteiger charge is -2.40. The van der Waals surface area contributed by atoms with Crippen molar-refractivity contribution >= 4 is 6.09 Å². The van der Waals surface area contributed by atoms with Crippen molar-refractivity contribution in [2.24, 2.45) is 11.7 Å². The van der Waals surface area contributed by atoms with Crippen LogP contribution in [0.2, 0.25) is 0 Å². The Morgan fingerprint density at radius 1 is 1.58 bits per heavy atom. The number of likely N-dealkylation sites (tertiary alicyclic amines) is 1. The highest BCUT2D eigenvalue weighted by Gasteiger charge is 2.39. The van der Waals surface area contributed by atoms with Gasteiger partial charge in [-0.05, 0) is 46.5 Å². The zero-order chi connectivity index (χ0) is 14.7. The van der Waals surface area contributed by atoms with Crippen LogP contribution < -0.4 is 5.73 Å². The van der Waals surface area contributed by atoms with E-state index in [0.717, 1.165) is 19.3 Å². The van der Waals surface area contributed by atoms with Gasteiger partial charge in [-0.25, -0.2) is 4.79 Å². The quantitative estimate of drug-likeness (QED) is 0.783. The van der Waals surface area contributed by atoms with Crippen molar-refractivity contribution in [3.8, 4) is 0 Å². The van der Waals surface area contributed by atoms with Crippen molar-refractivity contribution in [2.75, 3.05) is 13.1 Å². The van der Waals surface area contributed by atoms with Gasteiger partial charge in [-0.2, -0.15) is 0 Å². The van der Waals surface area contributed by atoms with E-state index in [0.29, 0.717) is 19.0 Å². The molecule has 0 aliphatic carbocycles. The molecule has 0 aromatic heterocycles. The molecule has 0 spiro atoms. The van der Waals surface area contributed by atoms with E-state index in [1.807, 2.05) is 33.8 Å². The number of nitrogens with zero attached hydrogens (tertiary/aromatic N) is 1. The minimum absolute atomic E-state index is 0.269. The summed E-state index contributed by atoms with van der Waals surface area (Å²) in [5, 5.41) is 0. The minimum Gasteiger partial charge on any atom is -0.444 e. The maximum absolute atomic E-state index is 12.4. The van der Waals surface area contributed by atoms with Gasteiger partial charge >= 0.3 is 6.09 Å². The second kappa shape index (κ2) is 5.95. The summed E-state index contributed by atoms with van der Waals surface area (Å²) in [5.74, 6) is 0.320. The molecule has 1 heterocycles. The molecule has 0 bridgehead atoms. The molecule has 4 nitrogen and oxygen atoms in total. The van der Waals surface area contributed by atoms with Gasteiger partial charge in [0.25, 0.3) is 0 Å². The van der Waals surface area contributed by atoms with Crippen molar-refractivity contribution in [1.29, 1.82) is 0 Å². The molecule has 19 heavy (non-hydrogen) atoms. The fourth-order valence-corrected chi connectivity index (χ4v) is 2.44. The normalized spacial score (nSPS) is 28.7. The number of rotatable bonds is 2. The van der Waals surface area contributed by atoms with Crippen LogP contribution in [0.25, 0.3) is 0 Å². The van der Waals surface area contributed by atoms with Gasteiger partial charge in [0.05, 0.1) is 5.54 Å². The molecule has 110 valence electrons. The molecule has 0 aromatic rings. The maximum atomic E-state index is 12.4. The Morgan fingerprint density at radius 2 is 2.21 bits per heavy atom. The SMILES string of the molecule is C=C[C@@H]1CCC[C@@](C)(CN)N(C(=O)OC(C)(C)C)C1. The number of amides is 1. The van der Waals surface area contributed by atoms with Gasteiger partial charge in [0.2, 0.25) is 0 Å². The first kappa shape index (κ1) is 16.0. The van der Waals surface area contributed by atoms with Gasteiger partial charge in [0.15, 0.2) is 0 Å². The molecule has 4 heteroatoms. The molecule has 1 saturated heterocycles. The van der Waals surface area contributed by atoms with E-state index in [2.05, 4.69) is 6.58 Å². The Hall–Kier alpha value is -1.03. The first-order chi connectivity index (χ1) is 8.72. The topological polar surface area (TPSA) is 55.6 Å². The summed E-state index contributed by atoms with van der Waals surface area (Å²) >= 11 is 0. The van der Waals surface area contributed by atoms with Crippen LogP contribution in [0, 0.1) is 5.92 Å². The fourth-order valence-electron chi connectivity index (χ4n) is 2.44. The molecule has 1 aliphatic heterocycles. The molecule has 2 N–H and O–H groups in total. The Balaban J connectivity index is 2.93. The molecule has 1 rings (SSSR count). The van der Waals surface area contributed by atoms with E-state index < -0.39 is 5.60 Å². The zero-order valence-electron chi connectivity index (χ0n) is 12.7. The third-order valence-electron chi connectivity index (χ3n) is 3.75. The van der Waals surface area contributed by atoms with E-state index in [1.165, 1.54) is 0 Å². The highest BCUT2D eigenvalue weighted by atomic mass is 16.6. The lowest BCUT2D eigenvalue weighted by molar-refractivity contribution is 0.000233. The summed E-state index contributed by atoms with van der Waals surface area (Å²) in [5.41, 5.74) is 5.11. The van der Waals surface area contributed by atoms with E-state index in [1.54, 1.807) is 4.90 Å². The van der Waals surface area contributed by atoms with Gasteiger partial charge in [-0.15, -0.1) is 6.58 Å². The van der Waals surface area contributed by atoms with Gasteiger partial charge in [-0.3, -0.25) is 0 Å². The van der Waals surface area contributed by atoms with Crippen LogP contribution in [-0.4, -0.2) is 35.2 Å². The lowest BCUT2D eigenvalue weighted by Crippen LogP contribution is -2.55. The van der Waals surface area contributed by atoms with E-state index in [-0.39, 0.29) is 11.6 Å². The number of ether oxygens (including phenoxy) is 1. The number of carbonyl (C=O) groups excluding carboxylic acids is 1. The van der Waals surface area contributed by atoms with Crippen molar-refractivity contribution in [1.82, 2.24) is 4.90 Å². The molecule has 0 saturated carbocycles. The van der Waals surface area contributed by atoms with E-state index >= 15 is 0 Å². The van der Waals surface area contributed by atoms with Crippen molar-refractivity contribution < 1.29 is 9.53 Å². The van der Waals surface area contributed by atoms with Gasteiger partial charge in [0, 0.05) is 13.1 Å². The van der Waals surface area contributed by atoms with E-state index in [4.69, 9.17) is 10.5 Å². The number of hydrogen-bond donors (Lipinski definition) is 1. The summed E-state index contributed by atoms with van der Waals surface area (Å²) < 4.78 is 5.52. The van der Waals surface area contributed by atoms with Gasteiger partial charge in [-0.1, -0.05) is 12.5 Å². The monoisotopic (exact) mass is 268 g/mol. The molecule has 0 radical (unpaired) electrons. The van der Waals surface area contributed by atoms with Crippen LogP contribution in [0.3, 0.4) is 0 Å². The van der Waals surface area contributed by atoms with Crippen LogP contribution >= 0.6 is 0 Å². The fraction of sp³-hybridized carbons (Fsp3) is 0.800. The molecule has 2 atom stereocenters.